The normalized spacial score (nSPS) is 12.6. The number of carbonyl (C=O) groups is 1. The highest BCUT2D eigenvalue weighted by Gasteiger charge is 2.17. The van der Waals surface area contributed by atoms with Crippen LogP contribution < -0.4 is 10.0 Å². The second-order valence-electron chi connectivity index (χ2n) is 5.63. The van der Waals surface area contributed by atoms with Gasteiger partial charge in [-0.15, -0.1) is 0 Å². The highest BCUT2D eigenvalue weighted by Crippen LogP contribution is 2.13. The largest absolute Gasteiger partial charge is 0.307 e. The minimum absolute atomic E-state index is 0.132. The van der Waals surface area contributed by atoms with Crippen LogP contribution >= 0.6 is 0 Å². The maximum absolute atomic E-state index is 12.2. The number of amides is 1. The monoisotopic (exact) mass is 347 g/mol. The van der Waals surface area contributed by atoms with Crippen molar-refractivity contribution in [2.75, 3.05) is 5.32 Å². The van der Waals surface area contributed by atoms with E-state index in [1.54, 1.807) is 19.2 Å². The number of aryl methyl sites for hydroxylation is 1. The van der Waals surface area contributed by atoms with Gasteiger partial charge in [0, 0.05) is 17.8 Å². The van der Waals surface area contributed by atoms with Crippen molar-refractivity contribution in [2.24, 2.45) is 0 Å². The lowest BCUT2D eigenvalue weighted by Gasteiger charge is -2.12. The maximum Gasteiger partial charge on any atom is 0.256 e. The molecule has 2 rings (SSSR count). The third kappa shape index (κ3) is 4.62. The Labute approximate surface area is 142 Å². The number of aromatic nitrogens is 1. The van der Waals surface area contributed by atoms with E-state index < -0.39 is 10.0 Å². The highest BCUT2D eigenvalue weighted by molar-refractivity contribution is 7.89. The molecule has 1 atom stereocenters. The van der Waals surface area contributed by atoms with E-state index in [1.807, 2.05) is 19.9 Å². The fourth-order valence-electron chi connectivity index (χ4n) is 1.99. The zero-order valence-corrected chi connectivity index (χ0v) is 14.7. The third-order valence-electron chi connectivity index (χ3n) is 3.55. The number of nitrogens with one attached hydrogen (secondary N) is 2. The van der Waals surface area contributed by atoms with E-state index in [0.29, 0.717) is 17.8 Å². The number of hydrogen-bond acceptors (Lipinski definition) is 4. The molecule has 0 bridgehead atoms. The lowest BCUT2D eigenvalue weighted by atomic mass is 10.2. The first-order valence-electron chi connectivity index (χ1n) is 7.68. The number of hydrogen-bond donors (Lipinski definition) is 2. The standard InChI is InChI=1S/C17H21N3O3S/c1-4-13(3)20-24(22,23)15-7-5-14(6-8-15)17(21)19-16-11-12(2)9-10-18-16/h5-11,13,20H,4H2,1-3H3,(H,18,19,21)/t13-/m1/s1. The SMILES string of the molecule is CC[C@@H](C)NS(=O)(=O)c1ccc(C(=O)Nc2cc(C)ccn2)cc1. The molecule has 0 unspecified atom stereocenters. The summed E-state index contributed by atoms with van der Waals surface area (Å²) in [7, 11) is -3.57. The highest BCUT2D eigenvalue weighted by atomic mass is 32.2. The first-order chi connectivity index (χ1) is 11.3. The quantitative estimate of drug-likeness (QED) is 0.841. The number of benzene rings is 1. The van der Waals surface area contributed by atoms with Crippen LogP contribution in [0.2, 0.25) is 0 Å². The average molecular weight is 347 g/mol. The fourth-order valence-corrected chi connectivity index (χ4v) is 3.32. The third-order valence-corrected chi connectivity index (χ3v) is 5.16. The van der Waals surface area contributed by atoms with E-state index in [0.717, 1.165) is 5.56 Å². The Hall–Kier alpha value is -2.25. The Morgan fingerprint density at radius 2 is 1.88 bits per heavy atom. The minimum Gasteiger partial charge on any atom is -0.307 e. The number of pyridine rings is 1. The molecular formula is C17H21N3O3S. The molecule has 0 aliphatic rings. The zero-order valence-electron chi connectivity index (χ0n) is 13.9. The summed E-state index contributed by atoms with van der Waals surface area (Å²) in [6.45, 7) is 5.61. The van der Waals surface area contributed by atoms with E-state index in [4.69, 9.17) is 0 Å². The molecule has 1 amide bonds. The molecule has 24 heavy (non-hydrogen) atoms. The summed E-state index contributed by atoms with van der Waals surface area (Å²) in [6.07, 6.45) is 2.31. The lowest BCUT2D eigenvalue weighted by Crippen LogP contribution is -2.32. The number of carbonyl (C=O) groups excluding carboxylic acids is 1. The molecule has 128 valence electrons. The van der Waals surface area contributed by atoms with E-state index in [2.05, 4.69) is 15.0 Å². The van der Waals surface area contributed by atoms with Gasteiger partial charge in [0.15, 0.2) is 0 Å². The van der Waals surface area contributed by atoms with Gasteiger partial charge in [0.05, 0.1) is 4.90 Å². The van der Waals surface area contributed by atoms with Crippen LogP contribution in [0, 0.1) is 6.92 Å². The van der Waals surface area contributed by atoms with E-state index in [9.17, 15) is 13.2 Å². The van der Waals surface area contributed by atoms with E-state index >= 15 is 0 Å². The van der Waals surface area contributed by atoms with Crippen molar-refractivity contribution < 1.29 is 13.2 Å². The van der Waals surface area contributed by atoms with Crippen LogP contribution in [0.15, 0.2) is 47.5 Å². The van der Waals surface area contributed by atoms with Crippen molar-refractivity contribution >= 4 is 21.7 Å². The Kier molecular flexibility index (Phi) is 5.69. The second kappa shape index (κ2) is 7.55. The van der Waals surface area contributed by atoms with E-state index in [-0.39, 0.29) is 16.8 Å². The molecule has 6 nitrogen and oxygen atoms in total. The Balaban J connectivity index is 2.12. The van der Waals surface area contributed by atoms with Gasteiger partial charge in [-0.05, 0) is 62.2 Å². The Bertz CT molecular complexity index is 817. The zero-order chi connectivity index (χ0) is 17.7. The molecule has 0 fully saturated rings. The molecule has 2 aromatic rings. The fraction of sp³-hybridized carbons (Fsp3) is 0.294. The topological polar surface area (TPSA) is 88.2 Å². The van der Waals surface area contributed by atoms with Crippen LogP contribution in [0.1, 0.15) is 36.2 Å². The van der Waals surface area contributed by atoms with Gasteiger partial charge in [0.2, 0.25) is 10.0 Å². The summed E-state index contributed by atoms with van der Waals surface area (Å²) in [6, 6.07) is 9.25. The van der Waals surface area contributed by atoms with Crippen molar-refractivity contribution in [3.8, 4) is 0 Å². The van der Waals surface area contributed by atoms with Gasteiger partial charge in [0.25, 0.3) is 5.91 Å². The van der Waals surface area contributed by atoms with Crippen LogP contribution in [0.25, 0.3) is 0 Å². The van der Waals surface area contributed by atoms with Gasteiger partial charge in [-0.1, -0.05) is 6.92 Å². The maximum atomic E-state index is 12.2. The summed E-state index contributed by atoms with van der Waals surface area (Å²) >= 11 is 0. The number of sulfonamides is 1. The first kappa shape index (κ1) is 18.1. The second-order valence-corrected chi connectivity index (χ2v) is 7.34. The van der Waals surface area contributed by atoms with Gasteiger partial charge in [-0.25, -0.2) is 18.1 Å². The molecule has 1 aromatic carbocycles. The smallest absolute Gasteiger partial charge is 0.256 e. The summed E-state index contributed by atoms with van der Waals surface area (Å²) in [5.41, 5.74) is 1.35. The van der Waals surface area contributed by atoms with Crippen LogP contribution in [-0.2, 0) is 10.0 Å². The molecule has 7 heteroatoms. The molecule has 0 saturated carbocycles. The van der Waals surface area contributed by atoms with E-state index in [1.165, 1.54) is 24.3 Å². The van der Waals surface area contributed by atoms with Crippen molar-refractivity contribution in [2.45, 2.75) is 38.1 Å². The predicted molar refractivity (Wildman–Crippen MR) is 93.4 cm³/mol. The van der Waals surface area contributed by atoms with Crippen LogP contribution in [0.3, 0.4) is 0 Å². The molecule has 2 N–H and O–H groups in total. The number of anilines is 1. The minimum atomic E-state index is -3.57. The number of rotatable bonds is 6. The van der Waals surface area contributed by atoms with Gasteiger partial charge in [0.1, 0.15) is 5.82 Å². The van der Waals surface area contributed by atoms with Crippen LogP contribution in [0.4, 0.5) is 5.82 Å². The molecule has 0 aliphatic heterocycles. The van der Waals surface area contributed by atoms with Crippen molar-refractivity contribution in [1.82, 2.24) is 9.71 Å². The molecule has 0 aliphatic carbocycles. The molecular weight excluding hydrogens is 326 g/mol. The Morgan fingerprint density at radius 1 is 1.21 bits per heavy atom. The van der Waals surface area contributed by atoms with Gasteiger partial charge < -0.3 is 5.32 Å². The molecule has 1 heterocycles. The molecule has 1 aromatic heterocycles. The summed E-state index contributed by atoms with van der Waals surface area (Å²) in [5.74, 6) is 0.113. The van der Waals surface area contributed by atoms with Crippen LogP contribution in [0.5, 0.6) is 0 Å². The van der Waals surface area contributed by atoms with Crippen molar-refractivity contribution in [3.63, 3.8) is 0 Å². The average Bonchev–Trinajstić information content (AvgIpc) is 2.54. The summed E-state index contributed by atoms with van der Waals surface area (Å²) in [4.78, 5) is 16.4. The first-order valence-corrected chi connectivity index (χ1v) is 9.16. The van der Waals surface area contributed by atoms with Gasteiger partial charge in [-0.2, -0.15) is 0 Å². The number of nitrogens with zero attached hydrogens (tertiary/aromatic N) is 1. The molecule has 0 radical (unpaired) electrons. The van der Waals surface area contributed by atoms with Crippen molar-refractivity contribution in [1.29, 1.82) is 0 Å². The van der Waals surface area contributed by atoms with Gasteiger partial charge in [-0.3, -0.25) is 4.79 Å². The summed E-state index contributed by atoms with van der Waals surface area (Å²) in [5, 5.41) is 2.68. The lowest BCUT2D eigenvalue weighted by molar-refractivity contribution is 0.102. The molecule has 0 saturated heterocycles. The summed E-state index contributed by atoms with van der Waals surface area (Å²) < 4.78 is 27.0. The Morgan fingerprint density at radius 3 is 2.46 bits per heavy atom. The van der Waals surface area contributed by atoms with Gasteiger partial charge >= 0.3 is 0 Å². The predicted octanol–water partition coefficient (Wildman–Crippen LogP) is 2.72. The van der Waals surface area contributed by atoms with Crippen molar-refractivity contribution in [3.05, 3.63) is 53.7 Å². The van der Waals surface area contributed by atoms with Crippen LogP contribution in [-0.4, -0.2) is 25.4 Å². The molecule has 0 spiro atoms.